The number of carbonyl (C=O) groups excluding carboxylic acids is 3. The van der Waals surface area contributed by atoms with Crippen LogP contribution in [0.25, 0.3) is 0 Å². The number of hydrogen-bond donors (Lipinski definition) is 2. The molecule has 0 saturated carbocycles. The SMILES string of the molecule is CC(C)CCNC(=O)[C@@H](NC(=O)[C@H]1N2C(=O)c3ccccc3[C@@H]2SC1(C)C)C(C)C. The first-order valence-corrected chi connectivity index (χ1v) is 11.6. The standard InChI is InChI=1S/C23H33N3O3S/c1-13(2)11-12-24-19(27)17(14(3)4)25-20(28)18-23(5,6)30-22-16-10-8-7-9-15(16)21(29)26(18)22/h7-10,13-14,17-18,22H,11-12H2,1-6H3,(H,24,27)(H,25,28)/t17-,18+,22-/m0/s1. The number of nitrogens with one attached hydrogen (secondary N) is 2. The largest absolute Gasteiger partial charge is 0.354 e. The van der Waals surface area contributed by atoms with Gasteiger partial charge in [-0.2, -0.15) is 0 Å². The summed E-state index contributed by atoms with van der Waals surface area (Å²) in [6, 6.07) is 6.27. The van der Waals surface area contributed by atoms with Crippen LogP contribution in [0.4, 0.5) is 0 Å². The van der Waals surface area contributed by atoms with Gasteiger partial charge in [0.25, 0.3) is 5.91 Å². The number of hydrogen-bond acceptors (Lipinski definition) is 4. The fraction of sp³-hybridized carbons (Fsp3) is 0.609. The van der Waals surface area contributed by atoms with Gasteiger partial charge in [0.15, 0.2) is 0 Å². The number of thioether (sulfide) groups is 1. The third kappa shape index (κ3) is 4.22. The minimum Gasteiger partial charge on any atom is -0.354 e. The van der Waals surface area contributed by atoms with Crippen molar-refractivity contribution in [3.63, 3.8) is 0 Å². The molecular formula is C23H33N3O3S. The maximum atomic E-state index is 13.4. The lowest BCUT2D eigenvalue weighted by Crippen LogP contribution is -2.58. The molecule has 1 saturated heterocycles. The number of amides is 3. The second-order valence-corrected chi connectivity index (χ2v) is 11.2. The van der Waals surface area contributed by atoms with Gasteiger partial charge in [0.2, 0.25) is 11.8 Å². The number of rotatable bonds is 7. The van der Waals surface area contributed by atoms with Gasteiger partial charge in [-0.1, -0.05) is 45.9 Å². The molecule has 0 aromatic heterocycles. The van der Waals surface area contributed by atoms with E-state index in [0.29, 0.717) is 18.0 Å². The summed E-state index contributed by atoms with van der Waals surface area (Å²) in [4.78, 5) is 40.9. The topological polar surface area (TPSA) is 78.5 Å². The van der Waals surface area contributed by atoms with E-state index < -0.39 is 16.8 Å². The first-order chi connectivity index (χ1) is 14.0. The predicted octanol–water partition coefficient (Wildman–Crippen LogP) is 3.34. The first-order valence-electron chi connectivity index (χ1n) is 10.7. The highest BCUT2D eigenvalue weighted by molar-refractivity contribution is 8.01. The molecule has 6 nitrogen and oxygen atoms in total. The second-order valence-electron chi connectivity index (χ2n) is 9.48. The van der Waals surface area contributed by atoms with Crippen LogP contribution in [0, 0.1) is 11.8 Å². The van der Waals surface area contributed by atoms with E-state index in [1.54, 1.807) is 16.7 Å². The predicted molar refractivity (Wildman–Crippen MR) is 120 cm³/mol. The Labute approximate surface area is 183 Å². The molecule has 0 radical (unpaired) electrons. The highest BCUT2D eigenvalue weighted by Gasteiger charge is 2.57. The van der Waals surface area contributed by atoms with Gasteiger partial charge in [-0.3, -0.25) is 14.4 Å². The summed E-state index contributed by atoms with van der Waals surface area (Å²) in [6.45, 7) is 12.6. The molecule has 2 N–H and O–H groups in total. The molecule has 1 aromatic carbocycles. The zero-order chi connectivity index (χ0) is 22.2. The fourth-order valence-electron chi connectivity index (χ4n) is 4.17. The average Bonchev–Trinajstić information content (AvgIpc) is 3.08. The normalized spacial score (nSPS) is 22.8. The van der Waals surface area contributed by atoms with Gasteiger partial charge in [-0.25, -0.2) is 0 Å². The fourth-order valence-corrected chi connectivity index (χ4v) is 5.75. The molecule has 2 aliphatic rings. The van der Waals surface area contributed by atoms with Gasteiger partial charge in [-0.15, -0.1) is 11.8 Å². The van der Waals surface area contributed by atoms with Crippen LogP contribution >= 0.6 is 11.8 Å². The van der Waals surface area contributed by atoms with E-state index in [1.807, 2.05) is 52.0 Å². The van der Waals surface area contributed by atoms with Crippen molar-refractivity contribution in [1.29, 1.82) is 0 Å². The van der Waals surface area contributed by atoms with Crippen LogP contribution in [0.5, 0.6) is 0 Å². The lowest BCUT2D eigenvalue weighted by atomic mass is 9.98. The molecule has 2 aliphatic heterocycles. The van der Waals surface area contributed by atoms with Gasteiger partial charge >= 0.3 is 0 Å². The van der Waals surface area contributed by atoms with E-state index in [9.17, 15) is 14.4 Å². The lowest BCUT2D eigenvalue weighted by Gasteiger charge is -2.32. The third-order valence-corrected chi connectivity index (χ3v) is 7.35. The first kappa shape index (κ1) is 22.7. The smallest absolute Gasteiger partial charge is 0.256 e. The third-order valence-electron chi connectivity index (χ3n) is 5.81. The van der Waals surface area contributed by atoms with Gasteiger partial charge < -0.3 is 15.5 Å². The molecule has 0 unspecified atom stereocenters. The van der Waals surface area contributed by atoms with Crippen LogP contribution in [-0.4, -0.2) is 46.0 Å². The summed E-state index contributed by atoms with van der Waals surface area (Å²) in [5.74, 6) is -0.124. The summed E-state index contributed by atoms with van der Waals surface area (Å²) in [5.41, 5.74) is 1.62. The van der Waals surface area contributed by atoms with E-state index >= 15 is 0 Å². The molecular weight excluding hydrogens is 398 g/mol. The number of carbonyl (C=O) groups is 3. The van der Waals surface area contributed by atoms with Gasteiger partial charge in [0, 0.05) is 16.9 Å². The number of fused-ring (bicyclic) bond motifs is 3. The Hall–Kier alpha value is -2.02. The van der Waals surface area contributed by atoms with Crippen molar-refractivity contribution >= 4 is 29.5 Å². The summed E-state index contributed by atoms with van der Waals surface area (Å²) in [5, 5.41) is 5.73. The summed E-state index contributed by atoms with van der Waals surface area (Å²) < 4.78 is -0.465. The van der Waals surface area contributed by atoms with E-state index in [0.717, 1.165) is 12.0 Å². The molecule has 3 amide bonds. The second kappa shape index (κ2) is 8.61. The molecule has 3 atom stereocenters. The van der Waals surface area contributed by atoms with E-state index in [1.165, 1.54) is 0 Å². The molecule has 1 fully saturated rings. The van der Waals surface area contributed by atoms with Gasteiger partial charge in [-0.05, 0) is 43.7 Å². The van der Waals surface area contributed by atoms with E-state index in [2.05, 4.69) is 24.5 Å². The van der Waals surface area contributed by atoms with Gasteiger partial charge in [0.05, 0.1) is 0 Å². The van der Waals surface area contributed by atoms with Crippen LogP contribution in [0.2, 0.25) is 0 Å². The Morgan fingerprint density at radius 2 is 1.83 bits per heavy atom. The summed E-state index contributed by atoms with van der Waals surface area (Å²) in [7, 11) is 0. The minimum absolute atomic E-state index is 0.0626. The number of benzene rings is 1. The summed E-state index contributed by atoms with van der Waals surface area (Å²) >= 11 is 1.63. The monoisotopic (exact) mass is 431 g/mol. The molecule has 164 valence electrons. The average molecular weight is 432 g/mol. The van der Waals surface area contributed by atoms with Crippen molar-refractivity contribution < 1.29 is 14.4 Å². The van der Waals surface area contributed by atoms with Crippen molar-refractivity contribution in [3.05, 3.63) is 35.4 Å². The molecule has 0 bridgehead atoms. The van der Waals surface area contributed by atoms with Crippen molar-refractivity contribution in [2.45, 2.75) is 70.2 Å². The highest BCUT2D eigenvalue weighted by atomic mass is 32.2. The van der Waals surface area contributed by atoms with Crippen molar-refractivity contribution in [3.8, 4) is 0 Å². The molecule has 3 rings (SSSR count). The van der Waals surface area contributed by atoms with E-state index in [-0.39, 0.29) is 29.0 Å². The van der Waals surface area contributed by atoms with Crippen LogP contribution in [0.15, 0.2) is 24.3 Å². The van der Waals surface area contributed by atoms with Crippen LogP contribution in [0.3, 0.4) is 0 Å². The molecule has 1 aromatic rings. The van der Waals surface area contributed by atoms with Crippen molar-refractivity contribution in [2.24, 2.45) is 11.8 Å². The summed E-state index contributed by atoms with van der Waals surface area (Å²) in [6.07, 6.45) is 0.888. The van der Waals surface area contributed by atoms with Crippen molar-refractivity contribution in [1.82, 2.24) is 15.5 Å². The maximum Gasteiger partial charge on any atom is 0.256 e. The molecule has 0 aliphatic carbocycles. The molecule has 30 heavy (non-hydrogen) atoms. The Morgan fingerprint density at radius 3 is 2.47 bits per heavy atom. The molecule has 7 heteroatoms. The Balaban J connectivity index is 1.78. The number of nitrogens with zero attached hydrogens (tertiary/aromatic N) is 1. The van der Waals surface area contributed by atoms with Crippen LogP contribution in [-0.2, 0) is 9.59 Å². The Morgan fingerprint density at radius 1 is 1.17 bits per heavy atom. The van der Waals surface area contributed by atoms with Crippen LogP contribution in [0.1, 0.15) is 69.3 Å². The van der Waals surface area contributed by atoms with Crippen molar-refractivity contribution in [2.75, 3.05) is 6.54 Å². The zero-order valence-electron chi connectivity index (χ0n) is 18.7. The van der Waals surface area contributed by atoms with Crippen LogP contribution < -0.4 is 10.6 Å². The lowest BCUT2D eigenvalue weighted by molar-refractivity contribution is -0.132. The minimum atomic E-state index is -0.642. The quantitative estimate of drug-likeness (QED) is 0.694. The zero-order valence-corrected chi connectivity index (χ0v) is 19.5. The maximum absolute atomic E-state index is 13.4. The highest BCUT2D eigenvalue weighted by Crippen LogP contribution is 2.56. The molecule has 2 heterocycles. The van der Waals surface area contributed by atoms with Gasteiger partial charge in [0.1, 0.15) is 17.5 Å². The van der Waals surface area contributed by atoms with E-state index in [4.69, 9.17) is 0 Å². The Kier molecular flexibility index (Phi) is 6.51. The molecule has 0 spiro atoms. The Bertz CT molecular complexity index is 837.